The van der Waals surface area contributed by atoms with Gasteiger partial charge in [-0.3, -0.25) is 9.59 Å². The van der Waals surface area contributed by atoms with Crippen molar-refractivity contribution in [2.24, 2.45) is 5.73 Å². The first-order chi connectivity index (χ1) is 10.5. The summed E-state index contributed by atoms with van der Waals surface area (Å²) in [4.78, 5) is 27.2. The lowest BCUT2D eigenvalue weighted by molar-refractivity contribution is -0.119. The zero-order chi connectivity index (χ0) is 15.7. The Balaban J connectivity index is 1.79. The van der Waals surface area contributed by atoms with E-state index < -0.39 is 17.9 Å². The van der Waals surface area contributed by atoms with E-state index in [1.54, 1.807) is 11.4 Å². The molecule has 0 saturated heterocycles. The molecular formula is C14H13N3O4S. The first kappa shape index (κ1) is 14.3. The van der Waals surface area contributed by atoms with Crippen LogP contribution in [0, 0.1) is 0 Å². The number of amides is 2. The summed E-state index contributed by atoms with van der Waals surface area (Å²) in [5.74, 6) is 0.309. The maximum absolute atomic E-state index is 12.0. The Hall–Kier alpha value is -2.61. The van der Waals surface area contributed by atoms with E-state index in [-0.39, 0.29) is 12.5 Å². The van der Waals surface area contributed by atoms with Gasteiger partial charge in [0.25, 0.3) is 5.91 Å². The Kier molecular flexibility index (Phi) is 3.68. The van der Waals surface area contributed by atoms with Crippen LogP contribution in [0.2, 0.25) is 0 Å². The van der Waals surface area contributed by atoms with Gasteiger partial charge in [0, 0.05) is 10.9 Å². The van der Waals surface area contributed by atoms with Crippen molar-refractivity contribution in [3.8, 4) is 22.1 Å². The van der Waals surface area contributed by atoms with Crippen LogP contribution in [0.4, 0.5) is 0 Å². The summed E-state index contributed by atoms with van der Waals surface area (Å²) in [6.07, 6.45) is 0. The van der Waals surface area contributed by atoms with E-state index in [4.69, 9.17) is 15.2 Å². The number of nitrogens with two attached hydrogens (primary N) is 1. The van der Waals surface area contributed by atoms with Crippen molar-refractivity contribution in [1.82, 2.24) is 10.3 Å². The number of aromatic nitrogens is 1. The van der Waals surface area contributed by atoms with Gasteiger partial charge in [-0.1, -0.05) is 0 Å². The molecule has 114 valence electrons. The third kappa shape index (κ3) is 2.73. The molecule has 2 heterocycles. The molecular weight excluding hydrogens is 306 g/mol. The highest BCUT2D eigenvalue weighted by atomic mass is 32.1. The summed E-state index contributed by atoms with van der Waals surface area (Å²) in [6.45, 7) is 1.72. The Bertz CT molecular complexity index is 743. The van der Waals surface area contributed by atoms with Crippen LogP contribution in [0.1, 0.15) is 17.4 Å². The molecule has 0 spiro atoms. The fraction of sp³-hybridized carbons (Fsp3) is 0.214. The number of carbonyl (C=O) groups is 2. The Labute approximate surface area is 130 Å². The molecule has 22 heavy (non-hydrogen) atoms. The Morgan fingerprint density at radius 3 is 2.91 bits per heavy atom. The second-order valence-electron chi connectivity index (χ2n) is 4.70. The minimum atomic E-state index is -0.747. The molecule has 0 fully saturated rings. The molecule has 1 aliphatic heterocycles. The minimum Gasteiger partial charge on any atom is -0.454 e. The van der Waals surface area contributed by atoms with Crippen LogP contribution in [0.15, 0.2) is 23.6 Å². The normalized spacial score (nSPS) is 13.7. The van der Waals surface area contributed by atoms with Crippen molar-refractivity contribution < 1.29 is 19.1 Å². The zero-order valence-corrected chi connectivity index (χ0v) is 12.5. The van der Waals surface area contributed by atoms with Gasteiger partial charge in [-0.25, -0.2) is 4.98 Å². The topological polar surface area (TPSA) is 104 Å². The second kappa shape index (κ2) is 5.64. The fourth-order valence-corrected chi connectivity index (χ4v) is 2.68. The number of nitrogens with one attached hydrogen (secondary N) is 1. The van der Waals surface area contributed by atoms with E-state index >= 15 is 0 Å². The molecule has 3 N–H and O–H groups in total. The molecule has 0 radical (unpaired) electrons. The predicted octanol–water partition coefficient (Wildman–Crippen LogP) is 1.14. The lowest BCUT2D eigenvalue weighted by Gasteiger charge is -2.07. The third-order valence-electron chi connectivity index (χ3n) is 3.13. The summed E-state index contributed by atoms with van der Waals surface area (Å²) in [5.41, 5.74) is 6.18. The summed E-state index contributed by atoms with van der Waals surface area (Å²) in [7, 11) is 0. The van der Waals surface area contributed by atoms with Gasteiger partial charge >= 0.3 is 0 Å². The number of hydrogen-bond acceptors (Lipinski definition) is 6. The SMILES string of the molecule is CC(NC(=O)c1csc(-c2ccc3c(c2)OCO3)n1)C(N)=O. The number of nitrogens with zero attached hydrogens (tertiary/aromatic N) is 1. The first-order valence-corrected chi connectivity index (χ1v) is 7.38. The smallest absolute Gasteiger partial charge is 0.271 e. The van der Waals surface area contributed by atoms with Crippen LogP contribution in [-0.4, -0.2) is 29.6 Å². The molecule has 1 atom stereocenters. The number of carbonyl (C=O) groups excluding carboxylic acids is 2. The van der Waals surface area contributed by atoms with Crippen molar-refractivity contribution in [2.75, 3.05) is 6.79 Å². The molecule has 1 aromatic carbocycles. The van der Waals surface area contributed by atoms with Crippen molar-refractivity contribution in [3.05, 3.63) is 29.3 Å². The van der Waals surface area contributed by atoms with Crippen molar-refractivity contribution in [1.29, 1.82) is 0 Å². The van der Waals surface area contributed by atoms with Gasteiger partial charge in [-0.05, 0) is 25.1 Å². The van der Waals surface area contributed by atoms with Crippen molar-refractivity contribution in [3.63, 3.8) is 0 Å². The molecule has 1 unspecified atom stereocenters. The lowest BCUT2D eigenvalue weighted by atomic mass is 10.2. The Morgan fingerprint density at radius 2 is 2.14 bits per heavy atom. The molecule has 7 nitrogen and oxygen atoms in total. The summed E-state index contributed by atoms with van der Waals surface area (Å²) in [6, 6.07) is 4.71. The third-order valence-corrected chi connectivity index (χ3v) is 4.02. The lowest BCUT2D eigenvalue weighted by Crippen LogP contribution is -2.42. The van der Waals surface area contributed by atoms with E-state index in [0.29, 0.717) is 16.5 Å². The van der Waals surface area contributed by atoms with Crippen molar-refractivity contribution >= 4 is 23.2 Å². The number of primary amides is 1. The minimum absolute atomic E-state index is 0.204. The number of hydrogen-bond donors (Lipinski definition) is 2. The number of thiazole rings is 1. The highest BCUT2D eigenvalue weighted by molar-refractivity contribution is 7.13. The molecule has 8 heteroatoms. The van der Waals surface area contributed by atoms with Gasteiger partial charge in [0.05, 0.1) is 0 Å². The molecule has 1 aliphatic rings. The van der Waals surface area contributed by atoms with Crippen LogP contribution in [-0.2, 0) is 4.79 Å². The highest BCUT2D eigenvalue weighted by Crippen LogP contribution is 2.36. The van der Waals surface area contributed by atoms with E-state index in [2.05, 4.69) is 10.3 Å². The summed E-state index contributed by atoms with van der Waals surface area (Å²) >= 11 is 1.33. The maximum atomic E-state index is 12.0. The van der Waals surface area contributed by atoms with Gasteiger partial charge < -0.3 is 20.5 Å². The number of rotatable bonds is 4. The molecule has 0 bridgehead atoms. The monoisotopic (exact) mass is 319 g/mol. The van der Waals surface area contributed by atoms with E-state index in [1.807, 2.05) is 12.1 Å². The first-order valence-electron chi connectivity index (χ1n) is 6.50. The van der Waals surface area contributed by atoms with E-state index in [1.165, 1.54) is 18.3 Å². The van der Waals surface area contributed by atoms with Crippen LogP contribution >= 0.6 is 11.3 Å². The van der Waals surface area contributed by atoms with Crippen LogP contribution in [0.3, 0.4) is 0 Å². The van der Waals surface area contributed by atoms with Gasteiger partial charge in [0.2, 0.25) is 12.7 Å². The van der Waals surface area contributed by atoms with Gasteiger partial charge in [-0.15, -0.1) is 11.3 Å². The molecule has 1 aromatic heterocycles. The molecule has 2 aromatic rings. The summed E-state index contributed by atoms with van der Waals surface area (Å²) < 4.78 is 10.6. The Morgan fingerprint density at radius 1 is 1.36 bits per heavy atom. The molecule has 0 saturated carbocycles. The van der Waals surface area contributed by atoms with Crippen LogP contribution in [0.25, 0.3) is 10.6 Å². The molecule has 0 aliphatic carbocycles. The van der Waals surface area contributed by atoms with Gasteiger partial charge in [0.1, 0.15) is 16.7 Å². The molecule has 3 rings (SSSR count). The number of fused-ring (bicyclic) bond motifs is 1. The van der Waals surface area contributed by atoms with E-state index in [9.17, 15) is 9.59 Å². The van der Waals surface area contributed by atoms with E-state index in [0.717, 1.165) is 5.56 Å². The maximum Gasteiger partial charge on any atom is 0.271 e. The quantitative estimate of drug-likeness (QED) is 0.879. The van der Waals surface area contributed by atoms with Gasteiger partial charge in [-0.2, -0.15) is 0 Å². The zero-order valence-electron chi connectivity index (χ0n) is 11.7. The number of benzene rings is 1. The fourth-order valence-electron chi connectivity index (χ4n) is 1.88. The largest absolute Gasteiger partial charge is 0.454 e. The average Bonchev–Trinajstić information content (AvgIpc) is 3.15. The van der Waals surface area contributed by atoms with Crippen LogP contribution < -0.4 is 20.5 Å². The summed E-state index contributed by atoms with van der Waals surface area (Å²) in [5, 5.41) is 4.79. The standard InChI is InChI=1S/C14H13N3O4S/c1-7(12(15)18)16-13(19)9-5-22-14(17-9)8-2-3-10-11(4-8)21-6-20-10/h2-5,7H,6H2,1H3,(H2,15,18)(H,16,19). The average molecular weight is 319 g/mol. The van der Waals surface area contributed by atoms with Crippen LogP contribution in [0.5, 0.6) is 11.5 Å². The van der Waals surface area contributed by atoms with Gasteiger partial charge in [0.15, 0.2) is 11.5 Å². The highest BCUT2D eigenvalue weighted by Gasteiger charge is 2.18. The number of ether oxygens (including phenoxy) is 2. The molecule has 2 amide bonds. The predicted molar refractivity (Wildman–Crippen MR) is 79.8 cm³/mol. The van der Waals surface area contributed by atoms with Crippen molar-refractivity contribution in [2.45, 2.75) is 13.0 Å². The second-order valence-corrected chi connectivity index (χ2v) is 5.56.